The van der Waals surface area contributed by atoms with E-state index in [2.05, 4.69) is 44.7 Å². The number of benzene rings is 1. The second-order valence-electron chi connectivity index (χ2n) is 4.48. The maximum absolute atomic E-state index is 6.06. The molecule has 0 fully saturated rings. The highest BCUT2D eigenvalue weighted by atomic mass is 15.2. The van der Waals surface area contributed by atoms with Gasteiger partial charge in [0, 0.05) is 12.1 Å². The van der Waals surface area contributed by atoms with Crippen molar-refractivity contribution in [3.63, 3.8) is 0 Å². The number of nitrogens with zero attached hydrogens (tertiary/aromatic N) is 1. The topological polar surface area (TPSA) is 29.3 Å². The average Bonchev–Trinajstić information content (AvgIpc) is 2.31. The van der Waals surface area contributed by atoms with Crippen LogP contribution in [0.15, 0.2) is 24.3 Å². The predicted molar refractivity (Wildman–Crippen MR) is 72.8 cm³/mol. The van der Waals surface area contributed by atoms with Gasteiger partial charge in [-0.15, -0.1) is 0 Å². The summed E-state index contributed by atoms with van der Waals surface area (Å²) in [6.45, 7) is 8.97. The van der Waals surface area contributed by atoms with Gasteiger partial charge in [0.1, 0.15) is 0 Å². The third kappa shape index (κ3) is 2.69. The summed E-state index contributed by atoms with van der Waals surface area (Å²) in [5.41, 5.74) is 8.12. The fourth-order valence-electron chi connectivity index (χ4n) is 2.03. The highest BCUT2D eigenvalue weighted by Crippen LogP contribution is 2.28. The lowest BCUT2D eigenvalue weighted by atomic mass is 10.1. The summed E-state index contributed by atoms with van der Waals surface area (Å²) < 4.78 is 0. The number of hydrogen-bond acceptors (Lipinski definition) is 2. The first-order valence-corrected chi connectivity index (χ1v) is 6.24. The van der Waals surface area contributed by atoms with E-state index in [1.54, 1.807) is 0 Å². The van der Waals surface area contributed by atoms with Crippen LogP contribution in [0.25, 0.3) is 0 Å². The lowest BCUT2D eigenvalue weighted by molar-refractivity contribution is 0.528. The molecule has 0 radical (unpaired) electrons. The normalized spacial score (nSPS) is 14.5. The standard InChI is InChI=1S/C14H24N2/c1-5-11(3)16(12(4)6-2)14-10-8-7-9-13(14)15/h7-12H,5-6,15H2,1-4H3. The van der Waals surface area contributed by atoms with Crippen molar-refractivity contribution in [1.29, 1.82) is 0 Å². The van der Waals surface area contributed by atoms with Gasteiger partial charge in [-0.1, -0.05) is 26.0 Å². The lowest BCUT2D eigenvalue weighted by Gasteiger charge is -2.36. The van der Waals surface area contributed by atoms with E-state index < -0.39 is 0 Å². The molecule has 2 atom stereocenters. The monoisotopic (exact) mass is 220 g/mol. The van der Waals surface area contributed by atoms with E-state index in [-0.39, 0.29) is 0 Å². The molecule has 0 aliphatic heterocycles. The zero-order chi connectivity index (χ0) is 12.1. The molecule has 1 aromatic rings. The number of anilines is 2. The predicted octanol–water partition coefficient (Wildman–Crippen LogP) is 3.67. The molecule has 2 N–H and O–H groups in total. The number of rotatable bonds is 5. The van der Waals surface area contributed by atoms with Gasteiger partial charge >= 0.3 is 0 Å². The molecular weight excluding hydrogens is 196 g/mol. The zero-order valence-electron chi connectivity index (χ0n) is 10.9. The minimum Gasteiger partial charge on any atom is -0.397 e. The number of nitrogens with two attached hydrogens (primary N) is 1. The Bertz CT molecular complexity index is 312. The molecule has 0 aliphatic carbocycles. The van der Waals surface area contributed by atoms with Crippen LogP contribution >= 0.6 is 0 Å². The van der Waals surface area contributed by atoms with Crippen molar-refractivity contribution in [2.45, 2.75) is 52.6 Å². The first kappa shape index (κ1) is 12.9. The Hall–Kier alpha value is -1.18. The van der Waals surface area contributed by atoms with Crippen LogP contribution < -0.4 is 10.6 Å². The van der Waals surface area contributed by atoms with Gasteiger partial charge in [-0.25, -0.2) is 0 Å². The Kier molecular flexibility index (Phi) is 4.66. The minimum absolute atomic E-state index is 0.527. The zero-order valence-corrected chi connectivity index (χ0v) is 10.9. The fraction of sp³-hybridized carbons (Fsp3) is 0.571. The largest absolute Gasteiger partial charge is 0.397 e. The summed E-state index contributed by atoms with van der Waals surface area (Å²) in [7, 11) is 0. The Morgan fingerprint density at radius 2 is 1.56 bits per heavy atom. The minimum atomic E-state index is 0.527. The van der Waals surface area contributed by atoms with Gasteiger partial charge in [0.2, 0.25) is 0 Å². The maximum Gasteiger partial charge on any atom is 0.0604 e. The van der Waals surface area contributed by atoms with Crippen LogP contribution in [-0.4, -0.2) is 12.1 Å². The van der Waals surface area contributed by atoms with Gasteiger partial charge in [0.25, 0.3) is 0 Å². The third-order valence-corrected chi connectivity index (χ3v) is 3.35. The second-order valence-corrected chi connectivity index (χ2v) is 4.48. The molecule has 0 amide bonds. The molecule has 0 saturated heterocycles. The Morgan fingerprint density at radius 3 is 2.00 bits per heavy atom. The van der Waals surface area contributed by atoms with E-state index in [0.29, 0.717) is 12.1 Å². The van der Waals surface area contributed by atoms with Gasteiger partial charge in [-0.3, -0.25) is 0 Å². The summed E-state index contributed by atoms with van der Waals surface area (Å²) in [5, 5.41) is 0. The van der Waals surface area contributed by atoms with Crippen molar-refractivity contribution < 1.29 is 0 Å². The summed E-state index contributed by atoms with van der Waals surface area (Å²) in [6.07, 6.45) is 2.28. The van der Waals surface area contributed by atoms with Crippen molar-refractivity contribution in [3.8, 4) is 0 Å². The van der Waals surface area contributed by atoms with Gasteiger partial charge in [-0.2, -0.15) is 0 Å². The summed E-state index contributed by atoms with van der Waals surface area (Å²) in [5.74, 6) is 0. The fourth-order valence-corrected chi connectivity index (χ4v) is 2.03. The highest BCUT2D eigenvalue weighted by molar-refractivity contribution is 5.68. The number of hydrogen-bond donors (Lipinski definition) is 1. The van der Waals surface area contributed by atoms with Crippen molar-refractivity contribution in [2.24, 2.45) is 0 Å². The molecule has 1 aromatic carbocycles. The SMILES string of the molecule is CCC(C)N(c1ccccc1N)C(C)CC. The summed E-state index contributed by atoms with van der Waals surface area (Å²) in [6, 6.07) is 9.20. The molecule has 1 rings (SSSR count). The van der Waals surface area contributed by atoms with E-state index >= 15 is 0 Å². The van der Waals surface area contributed by atoms with Crippen LogP contribution in [0.4, 0.5) is 11.4 Å². The first-order chi connectivity index (χ1) is 7.61. The molecule has 90 valence electrons. The van der Waals surface area contributed by atoms with Gasteiger partial charge in [0.05, 0.1) is 11.4 Å². The smallest absolute Gasteiger partial charge is 0.0604 e. The number of nitrogen functional groups attached to an aromatic ring is 1. The van der Waals surface area contributed by atoms with Crippen LogP contribution in [0.2, 0.25) is 0 Å². The molecule has 2 nitrogen and oxygen atoms in total. The van der Waals surface area contributed by atoms with Gasteiger partial charge in [-0.05, 0) is 38.8 Å². The molecule has 2 unspecified atom stereocenters. The molecule has 0 spiro atoms. The molecule has 0 bridgehead atoms. The summed E-state index contributed by atoms with van der Waals surface area (Å²) >= 11 is 0. The van der Waals surface area contributed by atoms with Crippen LogP contribution in [0.1, 0.15) is 40.5 Å². The van der Waals surface area contributed by atoms with E-state index in [4.69, 9.17) is 5.73 Å². The van der Waals surface area contributed by atoms with E-state index in [1.165, 1.54) is 5.69 Å². The third-order valence-electron chi connectivity index (χ3n) is 3.35. The van der Waals surface area contributed by atoms with Gasteiger partial charge < -0.3 is 10.6 Å². The lowest BCUT2D eigenvalue weighted by Crippen LogP contribution is -2.40. The Balaban J connectivity index is 3.06. The molecule has 0 aromatic heterocycles. The first-order valence-electron chi connectivity index (χ1n) is 6.24. The van der Waals surface area contributed by atoms with E-state index in [9.17, 15) is 0 Å². The van der Waals surface area contributed by atoms with Crippen molar-refractivity contribution in [3.05, 3.63) is 24.3 Å². The molecule has 0 saturated carbocycles. The quantitative estimate of drug-likeness (QED) is 0.767. The second kappa shape index (κ2) is 5.78. The van der Waals surface area contributed by atoms with Gasteiger partial charge in [0.15, 0.2) is 0 Å². The molecule has 16 heavy (non-hydrogen) atoms. The maximum atomic E-state index is 6.06. The summed E-state index contributed by atoms with van der Waals surface area (Å²) in [4.78, 5) is 2.44. The van der Waals surface area contributed by atoms with E-state index in [0.717, 1.165) is 18.5 Å². The Morgan fingerprint density at radius 1 is 1.06 bits per heavy atom. The van der Waals surface area contributed by atoms with Crippen LogP contribution in [0, 0.1) is 0 Å². The van der Waals surface area contributed by atoms with Crippen LogP contribution in [0.3, 0.4) is 0 Å². The average molecular weight is 220 g/mol. The molecule has 2 heteroatoms. The van der Waals surface area contributed by atoms with Crippen molar-refractivity contribution >= 4 is 11.4 Å². The van der Waals surface area contributed by atoms with Crippen LogP contribution in [-0.2, 0) is 0 Å². The molecule has 0 aliphatic rings. The van der Waals surface area contributed by atoms with Crippen molar-refractivity contribution in [2.75, 3.05) is 10.6 Å². The molecular formula is C14H24N2. The Labute approximate surface area is 99.5 Å². The van der Waals surface area contributed by atoms with Crippen molar-refractivity contribution in [1.82, 2.24) is 0 Å². The number of para-hydroxylation sites is 2. The highest BCUT2D eigenvalue weighted by Gasteiger charge is 2.19. The van der Waals surface area contributed by atoms with E-state index in [1.807, 2.05) is 12.1 Å². The van der Waals surface area contributed by atoms with Crippen LogP contribution in [0.5, 0.6) is 0 Å². The molecule has 0 heterocycles.